The summed E-state index contributed by atoms with van der Waals surface area (Å²) in [6.45, 7) is 6.50. The highest BCUT2D eigenvalue weighted by molar-refractivity contribution is 6.05. The van der Waals surface area contributed by atoms with Crippen molar-refractivity contribution in [1.82, 2.24) is 10.6 Å². The lowest BCUT2D eigenvalue weighted by Crippen LogP contribution is -2.49. The van der Waals surface area contributed by atoms with E-state index in [2.05, 4.69) is 28.5 Å². The quantitative estimate of drug-likeness (QED) is 0.860. The summed E-state index contributed by atoms with van der Waals surface area (Å²) >= 11 is 0. The minimum absolute atomic E-state index is 0. The van der Waals surface area contributed by atoms with Crippen molar-refractivity contribution < 1.29 is 9.59 Å². The second-order valence-corrected chi connectivity index (χ2v) is 5.46. The second-order valence-electron chi connectivity index (χ2n) is 5.46. The fraction of sp³-hybridized carbons (Fsp3) is 0.467. The van der Waals surface area contributed by atoms with Crippen LogP contribution in [-0.4, -0.2) is 44.7 Å². The molecule has 0 aromatic heterocycles. The number of rotatable bonds is 2. The minimum Gasteiger partial charge on any atom is -0.369 e. The number of nitrogens with zero attached hydrogens (tertiary/aromatic N) is 2. The summed E-state index contributed by atoms with van der Waals surface area (Å²) in [5, 5.41) is 5.70. The van der Waals surface area contributed by atoms with E-state index in [0.29, 0.717) is 13.0 Å². The molecule has 0 aliphatic carbocycles. The van der Waals surface area contributed by atoms with Gasteiger partial charge in [0.15, 0.2) is 0 Å². The summed E-state index contributed by atoms with van der Waals surface area (Å²) < 4.78 is 0. The summed E-state index contributed by atoms with van der Waals surface area (Å²) in [6.07, 6.45) is 0.352. The molecule has 2 fully saturated rings. The fourth-order valence-electron chi connectivity index (χ4n) is 2.88. The van der Waals surface area contributed by atoms with Crippen LogP contribution in [0.1, 0.15) is 12.0 Å². The largest absolute Gasteiger partial charge is 0.369 e. The third kappa shape index (κ3) is 3.34. The fourth-order valence-corrected chi connectivity index (χ4v) is 2.88. The van der Waals surface area contributed by atoms with Crippen molar-refractivity contribution in [3.63, 3.8) is 0 Å². The van der Waals surface area contributed by atoms with Crippen molar-refractivity contribution in [3.8, 4) is 0 Å². The Labute approximate surface area is 136 Å². The van der Waals surface area contributed by atoms with E-state index in [-0.39, 0.29) is 24.3 Å². The van der Waals surface area contributed by atoms with Gasteiger partial charge in [-0.05, 0) is 30.7 Å². The molecule has 0 unspecified atom stereocenters. The molecule has 3 rings (SSSR count). The number of hydrogen-bond donors (Lipinski definition) is 2. The standard InChI is InChI=1S/C15H20N4O2.ClH/c1-11-10-12(19-7-4-14(20)17-15(19)21)2-3-13(11)18-8-5-16-6-9-18;/h2-3,10,16H,4-9H2,1H3,(H,17,20,21);1H. The molecule has 0 atom stereocenters. The molecule has 0 radical (unpaired) electrons. The first-order chi connectivity index (χ1) is 10.1. The van der Waals surface area contributed by atoms with Gasteiger partial charge in [-0.15, -0.1) is 12.4 Å². The number of halogens is 1. The topological polar surface area (TPSA) is 64.7 Å². The summed E-state index contributed by atoms with van der Waals surface area (Å²) in [5.41, 5.74) is 3.21. The molecule has 7 heteroatoms. The van der Waals surface area contributed by atoms with E-state index in [4.69, 9.17) is 0 Å². The van der Waals surface area contributed by atoms with Crippen LogP contribution in [0.5, 0.6) is 0 Å². The predicted molar refractivity (Wildman–Crippen MR) is 89.0 cm³/mol. The van der Waals surface area contributed by atoms with Crippen molar-refractivity contribution >= 4 is 35.7 Å². The monoisotopic (exact) mass is 324 g/mol. The van der Waals surface area contributed by atoms with E-state index in [1.54, 1.807) is 4.90 Å². The molecule has 22 heavy (non-hydrogen) atoms. The number of amides is 3. The smallest absolute Gasteiger partial charge is 0.328 e. The zero-order chi connectivity index (χ0) is 14.8. The number of anilines is 2. The van der Waals surface area contributed by atoms with E-state index in [0.717, 1.165) is 37.4 Å². The van der Waals surface area contributed by atoms with Gasteiger partial charge in [0, 0.05) is 50.5 Å². The zero-order valence-electron chi connectivity index (χ0n) is 12.6. The van der Waals surface area contributed by atoms with Gasteiger partial charge in [-0.1, -0.05) is 0 Å². The Morgan fingerprint density at radius 1 is 1.09 bits per heavy atom. The SMILES string of the molecule is Cc1cc(N2CCC(=O)NC2=O)ccc1N1CCNCC1.Cl. The number of imide groups is 1. The number of carbonyl (C=O) groups is 2. The molecule has 2 N–H and O–H groups in total. The lowest BCUT2D eigenvalue weighted by Gasteiger charge is -2.32. The van der Waals surface area contributed by atoms with E-state index < -0.39 is 0 Å². The van der Waals surface area contributed by atoms with Crippen LogP contribution in [0.4, 0.5) is 16.2 Å². The first-order valence-electron chi connectivity index (χ1n) is 7.33. The molecular weight excluding hydrogens is 304 g/mol. The van der Waals surface area contributed by atoms with Gasteiger partial charge in [0.05, 0.1) is 0 Å². The third-order valence-corrected chi connectivity index (χ3v) is 4.00. The molecule has 0 spiro atoms. The Bertz CT molecular complexity index is 573. The molecule has 2 heterocycles. The van der Waals surface area contributed by atoms with Gasteiger partial charge in [-0.25, -0.2) is 4.79 Å². The summed E-state index contributed by atoms with van der Waals surface area (Å²) in [7, 11) is 0. The van der Waals surface area contributed by atoms with Crippen LogP contribution in [0, 0.1) is 6.92 Å². The van der Waals surface area contributed by atoms with Crippen molar-refractivity contribution in [3.05, 3.63) is 23.8 Å². The molecular formula is C15H21ClN4O2. The number of benzene rings is 1. The maximum Gasteiger partial charge on any atom is 0.328 e. The van der Waals surface area contributed by atoms with Gasteiger partial charge in [0.2, 0.25) is 5.91 Å². The molecule has 2 aliphatic heterocycles. The number of nitrogens with one attached hydrogen (secondary N) is 2. The average molecular weight is 325 g/mol. The van der Waals surface area contributed by atoms with E-state index in [1.807, 2.05) is 12.1 Å². The van der Waals surface area contributed by atoms with E-state index in [9.17, 15) is 9.59 Å². The molecule has 2 aliphatic rings. The first kappa shape index (κ1) is 16.6. The van der Waals surface area contributed by atoms with Crippen LogP contribution in [0.25, 0.3) is 0 Å². The molecule has 6 nitrogen and oxygen atoms in total. The van der Waals surface area contributed by atoms with Crippen molar-refractivity contribution in [2.75, 3.05) is 42.5 Å². The van der Waals surface area contributed by atoms with Crippen LogP contribution in [0.2, 0.25) is 0 Å². The van der Waals surface area contributed by atoms with Gasteiger partial charge < -0.3 is 10.2 Å². The number of carbonyl (C=O) groups excluding carboxylic acids is 2. The zero-order valence-corrected chi connectivity index (χ0v) is 13.4. The van der Waals surface area contributed by atoms with E-state index >= 15 is 0 Å². The average Bonchev–Trinajstić information content (AvgIpc) is 2.48. The minimum atomic E-state index is -0.333. The molecule has 3 amide bonds. The first-order valence-corrected chi connectivity index (χ1v) is 7.33. The number of urea groups is 1. The van der Waals surface area contributed by atoms with E-state index in [1.165, 1.54) is 5.69 Å². The summed E-state index contributed by atoms with van der Waals surface area (Å²) in [6, 6.07) is 5.71. The van der Waals surface area contributed by atoms with Gasteiger partial charge in [0.1, 0.15) is 0 Å². The van der Waals surface area contributed by atoms with Crippen molar-refractivity contribution in [2.45, 2.75) is 13.3 Å². The lowest BCUT2D eigenvalue weighted by atomic mass is 10.1. The Kier molecular flexibility index (Phi) is 5.26. The highest BCUT2D eigenvalue weighted by Crippen LogP contribution is 2.26. The van der Waals surface area contributed by atoms with Crippen molar-refractivity contribution in [2.24, 2.45) is 0 Å². The van der Waals surface area contributed by atoms with Crippen molar-refractivity contribution in [1.29, 1.82) is 0 Å². The molecule has 120 valence electrons. The van der Waals surface area contributed by atoms with Gasteiger partial charge in [-0.2, -0.15) is 0 Å². The lowest BCUT2D eigenvalue weighted by molar-refractivity contribution is -0.120. The molecule has 0 saturated carbocycles. The Hall–Kier alpha value is -1.79. The maximum absolute atomic E-state index is 11.9. The molecule has 1 aromatic rings. The molecule has 2 saturated heterocycles. The van der Waals surface area contributed by atoms with Crippen LogP contribution < -0.4 is 20.4 Å². The van der Waals surface area contributed by atoms with Gasteiger partial charge in [-0.3, -0.25) is 15.0 Å². The highest BCUT2D eigenvalue weighted by atomic mass is 35.5. The predicted octanol–water partition coefficient (Wildman–Crippen LogP) is 1.27. The number of hydrogen-bond acceptors (Lipinski definition) is 4. The van der Waals surface area contributed by atoms with Gasteiger partial charge >= 0.3 is 6.03 Å². The highest BCUT2D eigenvalue weighted by Gasteiger charge is 2.24. The maximum atomic E-state index is 11.9. The summed E-state index contributed by atoms with van der Waals surface area (Å²) in [5.74, 6) is -0.203. The molecule has 1 aromatic carbocycles. The van der Waals surface area contributed by atoms with Crippen LogP contribution in [-0.2, 0) is 4.79 Å². The Balaban J connectivity index is 0.00000176. The third-order valence-electron chi connectivity index (χ3n) is 4.00. The van der Waals surface area contributed by atoms with Gasteiger partial charge in [0.25, 0.3) is 0 Å². The normalized spacial score (nSPS) is 18.8. The Morgan fingerprint density at radius 2 is 1.82 bits per heavy atom. The number of aryl methyl sites for hydroxylation is 1. The van der Waals surface area contributed by atoms with Crippen LogP contribution in [0.3, 0.4) is 0 Å². The Morgan fingerprint density at radius 3 is 2.45 bits per heavy atom. The second kappa shape index (κ2) is 6.98. The molecule has 0 bridgehead atoms. The number of piperazine rings is 1. The van der Waals surface area contributed by atoms with Crippen LogP contribution >= 0.6 is 12.4 Å². The summed E-state index contributed by atoms with van der Waals surface area (Å²) in [4.78, 5) is 27.1. The van der Waals surface area contributed by atoms with Crippen LogP contribution in [0.15, 0.2) is 18.2 Å².